The van der Waals surface area contributed by atoms with Gasteiger partial charge in [0.2, 0.25) is 15.9 Å². The van der Waals surface area contributed by atoms with Crippen molar-refractivity contribution >= 4 is 39.4 Å². The summed E-state index contributed by atoms with van der Waals surface area (Å²) in [5, 5.41) is 4.72. The van der Waals surface area contributed by atoms with Crippen LogP contribution in [0.5, 0.6) is 0 Å². The fourth-order valence-corrected chi connectivity index (χ4v) is 2.59. The van der Waals surface area contributed by atoms with Gasteiger partial charge >= 0.3 is 5.97 Å². The first-order valence-corrected chi connectivity index (χ1v) is 9.01. The Kier molecular flexibility index (Phi) is 7.81. The fourth-order valence-electron chi connectivity index (χ4n) is 1.64. The molecule has 1 aromatic rings. The van der Waals surface area contributed by atoms with Crippen molar-refractivity contribution in [2.24, 2.45) is 0 Å². The number of hydrogen-bond donors (Lipinski definition) is 3. The quantitative estimate of drug-likeness (QED) is 0.519. The van der Waals surface area contributed by atoms with Crippen LogP contribution >= 0.6 is 11.6 Å². The molecule has 0 saturated heterocycles. The Morgan fingerprint density at radius 1 is 1.16 bits per heavy atom. The summed E-state index contributed by atoms with van der Waals surface area (Å²) in [7, 11) is -2.54. The zero-order chi connectivity index (χ0) is 19.0. The SMILES string of the molecule is CCNC(=O)CNC(=O)COC(=O)c1cc(S(=O)(=O)NC)ccc1Cl. The van der Waals surface area contributed by atoms with Crippen LogP contribution in [-0.2, 0) is 24.3 Å². The Morgan fingerprint density at radius 2 is 1.84 bits per heavy atom. The lowest BCUT2D eigenvalue weighted by atomic mass is 10.2. The first-order chi connectivity index (χ1) is 11.7. The predicted molar refractivity (Wildman–Crippen MR) is 89.7 cm³/mol. The highest BCUT2D eigenvalue weighted by molar-refractivity contribution is 7.89. The van der Waals surface area contributed by atoms with E-state index in [2.05, 4.69) is 15.4 Å². The van der Waals surface area contributed by atoms with Crippen molar-refractivity contribution in [1.29, 1.82) is 0 Å². The van der Waals surface area contributed by atoms with Gasteiger partial charge in [-0.3, -0.25) is 9.59 Å². The smallest absolute Gasteiger partial charge is 0.340 e. The van der Waals surface area contributed by atoms with Crippen LogP contribution in [0.4, 0.5) is 0 Å². The number of ether oxygens (including phenoxy) is 1. The van der Waals surface area contributed by atoms with Gasteiger partial charge in [0.15, 0.2) is 6.61 Å². The third-order valence-electron chi connectivity index (χ3n) is 2.89. The van der Waals surface area contributed by atoms with Gasteiger partial charge in [0.1, 0.15) is 0 Å². The molecule has 0 aromatic heterocycles. The molecule has 11 heteroatoms. The van der Waals surface area contributed by atoms with Crippen molar-refractivity contribution in [3.8, 4) is 0 Å². The van der Waals surface area contributed by atoms with Gasteiger partial charge < -0.3 is 15.4 Å². The number of halogens is 1. The van der Waals surface area contributed by atoms with E-state index in [4.69, 9.17) is 16.3 Å². The van der Waals surface area contributed by atoms with Crippen LogP contribution in [0.2, 0.25) is 5.02 Å². The number of amides is 2. The summed E-state index contributed by atoms with van der Waals surface area (Å²) < 4.78 is 30.4. The molecule has 138 valence electrons. The largest absolute Gasteiger partial charge is 0.452 e. The first kappa shape index (κ1) is 20.9. The highest BCUT2D eigenvalue weighted by Gasteiger charge is 2.19. The molecule has 9 nitrogen and oxygen atoms in total. The van der Waals surface area contributed by atoms with Gasteiger partial charge in [-0.15, -0.1) is 0 Å². The molecule has 0 saturated carbocycles. The van der Waals surface area contributed by atoms with Gasteiger partial charge in [-0.1, -0.05) is 11.6 Å². The lowest BCUT2D eigenvalue weighted by Gasteiger charge is -2.09. The number of sulfonamides is 1. The average molecular weight is 392 g/mol. The molecule has 0 aliphatic rings. The van der Waals surface area contributed by atoms with Gasteiger partial charge in [0, 0.05) is 6.54 Å². The Balaban J connectivity index is 2.70. The number of carbonyl (C=O) groups is 3. The van der Waals surface area contributed by atoms with Gasteiger partial charge in [-0.2, -0.15) is 0 Å². The third-order valence-corrected chi connectivity index (χ3v) is 4.63. The second-order valence-electron chi connectivity index (χ2n) is 4.66. The minimum Gasteiger partial charge on any atom is -0.452 e. The summed E-state index contributed by atoms with van der Waals surface area (Å²) in [4.78, 5) is 34.6. The Labute approximate surface area is 150 Å². The zero-order valence-corrected chi connectivity index (χ0v) is 15.2. The van der Waals surface area contributed by atoms with Gasteiger partial charge in [0.25, 0.3) is 5.91 Å². The van der Waals surface area contributed by atoms with Crippen LogP contribution in [0.3, 0.4) is 0 Å². The van der Waals surface area contributed by atoms with Gasteiger partial charge in [0.05, 0.1) is 22.0 Å². The maximum absolute atomic E-state index is 12.0. The van der Waals surface area contributed by atoms with Crippen LogP contribution in [0.1, 0.15) is 17.3 Å². The molecule has 0 aliphatic heterocycles. The number of carbonyl (C=O) groups excluding carboxylic acids is 3. The van der Waals surface area contributed by atoms with E-state index in [-0.39, 0.29) is 27.9 Å². The maximum Gasteiger partial charge on any atom is 0.340 e. The van der Waals surface area contributed by atoms with E-state index in [9.17, 15) is 22.8 Å². The monoisotopic (exact) mass is 391 g/mol. The van der Waals surface area contributed by atoms with E-state index >= 15 is 0 Å². The molecule has 0 aliphatic carbocycles. The Hall–Kier alpha value is -2.17. The number of esters is 1. The normalized spacial score (nSPS) is 10.8. The molecule has 3 N–H and O–H groups in total. The maximum atomic E-state index is 12.0. The second kappa shape index (κ2) is 9.35. The molecular formula is C14H18ClN3O6S. The lowest BCUT2D eigenvalue weighted by Crippen LogP contribution is -2.38. The summed E-state index contributed by atoms with van der Waals surface area (Å²) in [6.07, 6.45) is 0. The van der Waals surface area contributed by atoms with E-state index < -0.39 is 28.5 Å². The highest BCUT2D eigenvalue weighted by atomic mass is 35.5. The van der Waals surface area contributed by atoms with Crippen molar-refractivity contribution < 1.29 is 27.5 Å². The topological polar surface area (TPSA) is 131 Å². The Morgan fingerprint density at radius 3 is 2.44 bits per heavy atom. The molecule has 0 unspecified atom stereocenters. The van der Waals surface area contributed by atoms with Gasteiger partial charge in [-0.05, 0) is 32.2 Å². The summed E-state index contributed by atoms with van der Waals surface area (Å²) >= 11 is 5.87. The Bertz CT molecular complexity index is 766. The number of rotatable bonds is 8. The minimum atomic E-state index is -3.77. The molecule has 0 radical (unpaired) electrons. The number of benzene rings is 1. The van der Waals surface area contributed by atoms with Crippen LogP contribution in [0.15, 0.2) is 23.1 Å². The molecule has 1 rings (SSSR count). The van der Waals surface area contributed by atoms with Crippen molar-refractivity contribution in [2.75, 3.05) is 26.7 Å². The van der Waals surface area contributed by atoms with E-state index in [1.165, 1.54) is 19.2 Å². The van der Waals surface area contributed by atoms with Crippen LogP contribution in [0, 0.1) is 0 Å². The van der Waals surface area contributed by atoms with E-state index in [0.717, 1.165) is 6.07 Å². The zero-order valence-electron chi connectivity index (χ0n) is 13.6. The molecule has 0 bridgehead atoms. The van der Waals surface area contributed by atoms with Crippen molar-refractivity contribution in [3.63, 3.8) is 0 Å². The lowest BCUT2D eigenvalue weighted by molar-refractivity contribution is -0.127. The minimum absolute atomic E-state index is 0.0252. The molecule has 25 heavy (non-hydrogen) atoms. The van der Waals surface area contributed by atoms with Crippen molar-refractivity contribution in [3.05, 3.63) is 28.8 Å². The standard InChI is InChI=1S/C14H18ClN3O6S/c1-3-17-12(19)7-18-13(20)8-24-14(21)10-6-9(4-5-11(10)15)25(22,23)16-2/h4-6,16H,3,7-8H2,1-2H3,(H,17,19)(H,18,20). The van der Waals surface area contributed by atoms with E-state index in [1.54, 1.807) is 6.92 Å². The highest BCUT2D eigenvalue weighted by Crippen LogP contribution is 2.21. The van der Waals surface area contributed by atoms with Crippen LogP contribution in [-0.4, -0.2) is 52.9 Å². The first-order valence-electron chi connectivity index (χ1n) is 7.15. The average Bonchev–Trinajstić information content (AvgIpc) is 2.58. The fraction of sp³-hybridized carbons (Fsp3) is 0.357. The summed E-state index contributed by atoms with van der Waals surface area (Å²) in [5.74, 6) is -2.03. The second-order valence-corrected chi connectivity index (χ2v) is 6.95. The number of nitrogens with one attached hydrogen (secondary N) is 3. The summed E-state index contributed by atoms with van der Waals surface area (Å²) in [6.45, 7) is 1.26. The molecule has 0 fully saturated rings. The van der Waals surface area contributed by atoms with Crippen LogP contribution in [0.25, 0.3) is 0 Å². The molecule has 0 spiro atoms. The van der Waals surface area contributed by atoms with Gasteiger partial charge in [-0.25, -0.2) is 17.9 Å². The number of hydrogen-bond acceptors (Lipinski definition) is 6. The molecule has 0 atom stereocenters. The van der Waals surface area contributed by atoms with Crippen molar-refractivity contribution in [1.82, 2.24) is 15.4 Å². The number of likely N-dealkylation sites (N-methyl/N-ethyl adjacent to an activating group) is 1. The molecular weight excluding hydrogens is 374 g/mol. The molecule has 2 amide bonds. The summed E-state index contributed by atoms with van der Waals surface area (Å²) in [5.41, 5.74) is -0.200. The van der Waals surface area contributed by atoms with E-state index in [0.29, 0.717) is 6.54 Å². The van der Waals surface area contributed by atoms with Crippen LogP contribution < -0.4 is 15.4 Å². The van der Waals surface area contributed by atoms with Crippen molar-refractivity contribution in [2.45, 2.75) is 11.8 Å². The van der Waals surface area contributed by atoms with E-state index in [1.807, 2.05) is 0 Å². The molecule has 0 heterocycles. The molecule has 1 aromatic carbocycles. The predicted octanol–water partition coefficient (Wildman–Crippen LogP) is -0.343. The summed E-state index contributed by atoms with van der Waals surface area (Å²) in [6, 6.07) is 3.50. The third kappa shape index (κ3) is 6.33.